The number of carboxylic acid groups (broad SMARTS) is 2. The Balaban J connectivity index is 0.000000267. The monoisotopic (exact) mass is 496 g/mol. The first kappa shape index (κ1) is 29.5. The number of ether oxygens (including phenoxy) is 4. The van der Waals surface area contributed by atoms with Gasteiger partial charge in [0, 0.05) is 6.42 Å². The van der Waals surface area contributed by atoms with Gasteiger partial charge < -0.3 is 44.5 Å². The summed E-state index contributed by atoms with van der Waals surface area (Å²) in [6, 6.07) is 8.88. The first-order chi connectivity index (χ1) is 16.6. The van der Waals surface area contributed by atoms with Crippen LogP contribution in [0.1, 0.15) is 40.0 Å². The number of carbonyl (C=O) groups is 2. The SMILES string of the molecule is COc1ccc(C(=O)O)cc1OC.COc1ccc(C(=O)O)cc1OC.OC1CCC(O)C(O)C1. The van der Waals surface area contributed by atoms with Crippen LogP contribution in [-0.2, 0) is 0 Å². The van der Waals surface area contributed by atoms with E-state index in [9.17, 15) is 9.59 Å². The van der Waals surface area contributed by atoms with E-state index in [0.29, 0.717) is 42.3 Å². The van der Waals surface area contributed by atoms with Gasteiger partial charge in [-0.05, 0) is 49.2 Å². The molecule has 1 aliphatic carbocycles. The third-order valence-electron chi connectivity index (χ3n) is 5.01. The Morgan fingerprint density at radius 3 is 1.34 bits per heavy atom. The number of aliphatic hydroxyl groups is 3. The highest BCUT2D eigenvalue weighted by Crippen LogP contribution is 2.28. The molecule has 0 bridgehead atoms. The summed E-state index contributed by atoms with van der Waals surface area (Å²) >= 11 is 0. The minimum absolute atomic E-state index is 0.178. The summed E-state index contributed by atoms with van der Waals surface area (Å²) in [6.45, 7) is 0. The molecule has 3 atom stereocenters. The second-order valence-electron chi connectivity index (χ2n) is 7.35. The maximum Gasteiger partial charge on any atom is 0.335 e. The summed E-state index contributed by atoms with van der Waals surface area (Å²) in [5, 5.41) is 44.1. The van der Waals surface area contributed by atoms with Crippen LogP contribution in [0.4, 0.5) is 0 Å². The van der Waals surface area contributed by atoms with Gasteiger partial charge in [0.25, 0.3) is 0 Å². The van der Waals surface area contributed by atoms with Crippen molar-refractivity contribution in [2.45, 2.75) is 37.6 Å². The fourth-order valence-electron chi connectivity index (χ4n) is 3.05. The smallest absolute Gasteiger partial charge is 0.335 e. The molecule has 2 aromatic rings. The van der Waals surface area contributed by atoms with Crippen LogP contribution in [0.5, 0.6) is 23.0 Å². The molecule has 5 N–H and O–H groups in total. The van der Waals surface area contributed by atoms with Gasteiger partial charge in [0.05, 0.1) is 57.9 Å². The highest BCUT2D eigenvalue weighted by atomic mass is 16.5. The van der Waals surface area contributed by atoms with Gasteiger partial charge in [0.2, 0.25) is 0 Å². The lowest BCUT2D eigenvalue weighted by atomic mass is 9.93. The zero-order valence-corrected chi connectivity index (χ0v) is 20.0. The van der Waals surface area contributed by atoms with Crippen LogP contribution in [-0.4, -0.2) is 84.2 Å². The predicted octanol–water partition coefficient (Wildman–Crippen LogP) is 2.06. The number of rotatable bonds is 6. The number of carboxylic acids is 2. The molecule has 11 nitrogen and oxygen atoms in total. The van der Waals surface area contributed by atoms with E-state index in [-0.39, 0.29) is 11.1 Å². The van der Waals surface area contributed by atoms with Crippen LogP contribution in [0.25, 0.3) is 0 Å². The van der Waals surface area contributed by atoms with Crippen molar-refractivity contribution in [1.29, 1.82) is 0 Å². The van der Waals surface area contributed by atoms with Crippen molar-refractivity contribution in [3.05, 3.63) is 47.5 Å². The molecular weight excluding hydrogens is 464 g/mol. The molecule has 2 aromatic carbocycles. The number of aromatic carboxylic acids is 2. The van der Waals surface area contributed by atoms with Gasteiger partial charge in [-0.3, -0.25) is 0 Å². The molecule has 35 heavy (non-hydrogen) atoms. The zero-order valence-electron chi connectivity index (χ0n) is 20.0. The normalized spacial score (nSPS) is 18.5. The molecule has 0 spiro atoms. The standard InChI is InChI=1S/2C9H10O4.C6H12O3/c2*1-12-7-4-3-6(9(10)11)5-8(7)13-2;7-4-1-2-5(8)6(9)3-4/h2*3-5H,1-2H3,(H,10,11);4-9H,1-3H2. The molecule has 0 heterocycles. The van der Waals surface area contributed by atoms with Gasteiger partial charge in [-0.2, -0.15) is 0 Å². The molecule has 0 radical (unpaired) electrons. The highest BCUT2D eigenvalue weighted by Gasteiger charge is 2.25. The molecule has 194 valence electrons. The van der Waals surface area contributed by atoms with Crippen molar-refractivity contribution < 1.29 is 54.1 Å². The van der Waals surface area contributed by atoms with Crippen molar-refractivity contribution in [1.82, 2.24) is 0 Å². The van der Waals surface area contributed by atoms with E-state index in [4.69, 9.17) is 44.5 Å². The number of methoxy groups -OCH3 is 4. The van der Waals surface area contributed by atoms with Crippen molar-refractivity contribution in [2.75, 3.05) is 28.4 Å². The zero-order chi connectivity index (χ0) is 26.5. The Morgan fingerprint density at radius 2 is 1.06 bits per heavy atom. The van der Waals surface area contributed by atoms with E-state index in [1.165, 1.54) is 52.7 Å². The predicted molar refractivity (Wildman–Crippen MR) is 125 cm³/mol. The van der Waals surface area contributed by atoms with Crippen molar-refractivity contribution in [3.63, 3.8) is 0 Å². The largest absolute Gasteiger partial charge is 0.493 e. The van der Waals surface area contributed by atoms with Gasteiger partial charge in [0.15, 0.2) is 23.0 Å². The van der Waals surface area contributed by atoms with E-state index in [2.05, 4.69) is 0 Å². The molecular formula is C24H32O11. The summed E-state index contributed by atoms with van der Waals surface area (Å²) in [4.78, 5) is 21.1. The molecule has 0 aromatic heterocycles. The van der Waals surface area contributed by atoms with Gasteiger partial charge in [0.1, 0.15) is 0 Å². The maximum absolute atomic E-state index is 10.6. The minimum Gasteiger partial charge on any atom is -0.493 e. The van der Waals surface area contributed by atoms with Crippen LogP contribution >= 0.6 is 0 Å². The van der Waals surface area contributed by atoms with E-state index in [1.54, 1.807) is 12.1 Å². The Hall–Kier alpha value is -3.54. The van der Waals surface area contributed by atoms with Gasteiger partial charge in [-0.25, -0.2) is 9.59 Å². The molecule has 0 saturated heterocycles. The molecule has 1 fully saturated rings. The second-order valence-corrected chi connectivity index (χ2v) is 7.35. The summed E-state index contributed by atoms with van der Waals surface area (Å²) in [5.74, 6) is -0.0910. The molecule has 0 aliphatic heterocycles. The van der Waals surface area contributed by atoms with Crippen molar-refractivity contribution in [3.8, 4) is 23.0 Å². The molecule has 1 aliphatic rings. The average molecular weight is 497 g/mol. The number of hydrogen-bond acceptors (Lipinski definition) is 9. The quantitative estimate of drug-likeness (QED) is 0.396. The summed E-state index contributed by atoms with van der Waals surface area (Å²) < 4.78 is 19.8. The summed E-state index contributed by atoms with van der Waals surface area (Å²) in [5.41, 5.74) is 0.357. The molecule has 1 saturated carbocycles. The topological polar surface area (TPSA) is 172 Å². The second kappa shape index (κ2) is 14.7. The number of aliphatic hydroxyl groups excluding tert-OH is 3. The fourth-order valence-corrected chi connectivity index (χ4v) is 3.05. The van der Waals surface area contributed by atoms with E-state index in [1.807, 2.05) is 0 Å². The summed E-state index contributed by atoms with van der Waals surface area (Å²) in [7, 11) is 5.92. The third kappa shape index (κ3) is 9.32. The van der Waals surface area contributed by atoms with Gasteiger partial charge in [-0.1, -0.05) is 0 Å². The Morgan fingerprint density at radius 1 is 0.657 bits per heavy atom. The van der Waals surface area contributed by atoms with Crippen LogP contribution in [0.3, 0.4) is 0 Å². The van der Waals surface area contributed by atoms with Crippen LogP contribution < -0.4 is 18.9 Å². The molecule has 3 unspecified atom stereocenters. The first-order valence-corrected chi connectivity index (χ1v) is 10.5. The van der Waals surface area contributed by atoms with Crippen molar-refractivity contribution in [2.24, 2.45) is 0 Å². The lowest BCUT2D eigenvalue weighted by Gasteiger charge is -2.26. The lowest BCUT2D eigenvalue weighted by molar-refractivity contribution is -0.0494. The number of hydrogen-bond donors (Lipinski definition) is 5. The van der Waals surface area contributed by atoms with E-state index in [0.717, 1.165) is 0 Å². The van der Waals surface area contributed by atoms with Crippen LogP contribution in [0.15, 0.2) is 36.4 Å². The van der Waals surface area contributed by atoms with Gasteiger partial charge >= 0.3 is 11.9 Å². The first-order valence-electron chi connectivity index (χ1n) is 10.5. The summed E-state index contributed by atoms with van der Waals surface area (Å²) in [6.07, 6.45) is -0.299. The maximum atomic E-state index is 10.6. The van der Waals surface area contributed by atoms with E-state index < -0.39 is 30.3 Å². The van der Waals surface area contributed by atoms with Crippen LogP contribution in [0, 0.1) is 0 Å². The van der Waals surface area contributed by atoms with Crippen molar-refractivity contribution >= 4 is 11.9 Å². The Kier molecular flexibility index (Phi) is 12.4. The molecule has 11 heteroatoms. The average Bonchev–Trinajstić information content (AvgIpc) is 2.86. The van der Waals surface area contributed by atoms with E-state index >= 15 is 0 Å². The highest BCUT2D eigenvalue weighted by molar-refractivity contribution is 5.89. The third-order valence-corrected chi connectivity index (χ3v) is 5.01. The fraction of sp³-hybridized carbons (Fsp3) is 0.417. The minimum atomic E-state index is -0.985. The lowest BCUT2D eigenvalue weighted by Crippen LogP contribution is -2.35. The Labute approximate surface area is 203 Å². The molecule has 3 rings (SSSR count). The van der Waals surface area contributed by atoms with Gasteiger partial charge in [-0.15, -0.1) is 0 Å². The Bertz CT molecular complexity index is 895. The molecule has 0 amide bonds. The number of benzene rings is 2. The van der Waals surface area contributed by atoms with Crippen LogP contribution in [0.2, 0.25) is 0 Å².